The van der Waals surface area contributed by atoms with Crippen molar-refractivity contribution < 1.29 is 22.8 Å². The molecule has 1 aromatic carbocycles. The van der Waals surface area contributed by atoms with Gasteiger partial charge < -0.3 is 18.8 Å². The molecule has 34 heavy (non-hydrogen) atoms. The molecule has 4 aromatic rings. The van der Waals surface area contributed by atoms with Gasteiger partial charge in [-0.2, -0.15) is 0 Å². The maximum Gasteiger partial charge on any atom is 0.375 e. The smallest absolute Gasteiger partial charge is 0.375 e. The van der Waals surface area contributed by atoms with Gasteiger partial charge in [0.15, 0.2) is 5.76 Å². The summed E-state index contributed by atoms with van der Waals surface area (Å²) in [5.41, 5.74) is 0.822. The van der Waals surface area contributed by atoms with Crippen molar-refractivity contribution in [2.45, 2.75) is 26.3 Å². The number of hydrogen-bond acceptors (Lipinski definition) is 10. The molecule has 0 aliphatic heterocycles. The maximum absolute atomic E-state index is 13.6. The zero-order valence-electron chi connectivity index (χ0n) is 18.5. The van der Waals surface area contributed by atoms with Crippen LogP contribution < -0.4 is 5.32 Å². The van der Waals surface area contributed by atoms with E-state index in [1.54, 1.807) is 56.3 Å². The Morgan fingerprint density at radius 2 is 1.85 bits per heavy atom. The van der Waals surface area contributed by atoms with E-state index in [2.05, 4.69) is 31.2 Å². The van der Waals surface area contributed by atoms with Gasteiger partial charge in [-0.1, -0.05) is 23.4 Å². The quantitative estimate of drug-likeness (QED) is 0.313. The van der Waals surface area contributed by atoms with Crippen LogP contribution in [-0.4, -0.2) is 54.3 Å². The van der Waals surface area contributed by atoms with E-state index < -0.39 is 19.4 Å². The monoisotopic (exact) mass is 486 g/mol. The predicted molar refractivity (Wildman–Crippen MR) is 118 cm³/mol. The van der Waals surface area contributed by atoms with Crippen molar-refractivity contribution >= 4 is 13.5 Å². The number of furan rings is 1. The minimum atomic E-state index is -3.87. The van der Waals surface area contributed by atoms with Gasteiger partial charge in [0, 0.05) is 5.56 Å². The summed E-state index contributed by atoms with van der Waals surface area (Å²) in [5, 5.41) is 22.5. The van der Waals surface area contributed by atoms with Crippen LogP contribution in [0.5, 0.6) is 0 Å². The highest BCUT2D eigenvalue weighted by atomic mass is 31.2. The lowest BCUT2D eigenvalue weighted by Crippen LogP contribution is -2.34. The lowest BCUT2D eigenvalue weighted by molar-refractivity contribution is 0.0917. The molecule has 1 unspecified atom stereocenters. The van der Waals surface area contributed by atoms with Crippen LogP contribution in [0.4, 0.5) is 0 Å². The third-order valence-electron chi connectivity index (χ3n) is 4.61. The first-order chi connectivity index (χ1) is 16.5. The Bertz CT molecular complexity index is 1250. The average molecular weight is 486 g/mol. The second kappa shape index (κ2) is 10.5. The minimum Gasteiger partial charge on any atom is -0.461 e. The maximum atomic E-state index is 13.6. The number of rotatable bonds is 11. The Balaban J connectivity index is 1.63. The van der Waals surface area contributed by atoms with Crippen LogP contribution in [0.25, 0.3) is 11.6 Å². The molecule has 1 atom stereocenters. The van der Waals surface area contributed by atoms with Crippen molar-refractivity contribution in [1.82, 2.24) is 40.5 Å². The lowest BCUT2D eigenvalue weighted by Gasteiger charge is -2.26. The molecule has 4 rings (SSSR count). The van der Waals surface area contributed by atoms with Crippen molar-refractivity contribution in [3.05, 3.63) is 66.2 Å². The number of aromatic nitrogens is 7. The number of nitrogens with one attached hydrogen (secondary N) is 1. The van der Waals surface area contributed by atoms with Crippen LogP contribution in [0.2, 0.25) is 0 Å². The average Bonchev–Trinajstić information content (AvgIpc) is 3.60. The van der Waals surface area contributed by atoms with E-state index in [0.717, 1.165) is 0 Å². The Labute approximate surface area is 194 Å². The van der Waals surface area contributed by atoms with E-state index >= 15 is 0 Å². The van der Waals surface area contributed by atoms with Crippen LogP contribution in [0, 0.1) is 0 Å². The normalized spacial score (nSPS) is 12.5. The molecule has 0 aliphatic rings. The molecule has 0 spiro atoms. The van der Waals surface area contributed by atoms with Crippen LogP contribution in [0.1, 0.15) is 35.8 Å². The number of carbonyl (C=O) groups is 1. The molecule has 0 aliphatic carbocycles. The van der Waals surface area contributed by atoms with Crippen molar-refractivity contribution in [1.29, 1.82) is 0 Å². The van der Waals surface area contributed by atoms with Gasteiger partial charge in [0.25, 0.3) is 5.91 Å². The summed E-state index contributed by atoms with van der Waals surface area (Å²) in [5.74, 6) is -0.826. The standard InChI is InChI=1S/C20H23N8O5P/c1-3-32-34(30,33-4-2)20(21-19(29)15-9-6-5-7-10-15)28-14-16(22-25-28)13-27-18(23-24-26-27)17-11-8-12-31-17/h5-12,14,20H,3-4,13H2,1-2H3,(H,21,29). The Kier molecular flexibility index (Phi) is 7.26. The number of hydrogen-bond donors (Lipinski definition) is 1. The third kappa shape index (κ3) is 5.11. The Morgan fingerprint density at radius 1 is 1.09 bits per heavy atom. The molecule has 3 aromatic heterocycles. The summed E-state index contributed by atoms with van der Waals surface area (Å²) in [4.78, 5) is 12.9. The molecule has 0 saturated carbocycles. The molecule has 0 bridgehead atoms. The van der Waals surface area contributed by atoms with Crippen LogP contribution >= 0.6 is 7.60 Å². The fraction of sp³-hybridized carbons (Fsp3) is 0.300. The van der Waals surface area contributed by atoms with E-state index in [-0.39, 0.29) is 19.8 Å². The molecule has 3 heterocycles. The molecular formula is C20H23N8O5P. The molecule has 1 amide bonds. The topological polar surface area (TPSA) is 152 Å². The molecule has 14 heteroatoms. The first-order valence-electron chi connectivity index (χ1n) is 10.5. The van der Waals surface area contributed by atoms with E-state index in [9.17, 15) is 9.36 Å². The summed E-state index contributed by atoms with van der Waals surface area (Å²) in [7, 11) is -3.87. The number of tetrazole rings is 1. The highest BCUT2D eigenvalue weighted by molar-refractivity contribution is 7.53. The predicted octanol–water partition coefficient (Wildman–Crippen LogP) is 2.73. The van der Waals surface area contributed by atoms with Crippen molar-refractivity contribution in [3.63, 3.8) is 0 Å². The minimum absolute atomic E-state index is 0.105. The highest BCUT2D eigenvalue weighted by Crippen LogP contribution is 2.57. The molecule has 0 radical (unpaired) electrons. The van der Waals surface area contributed by atoms with Crippen LogP contribution in [0.15, 0.2) is 59.3 Å². The first kappa shape index (κ1) is 23.5. The van der Waals surface area contributed by atoms with E-state index in [4.69, 9.17) is 13.5 Å². The lowest BCUT2D eigenvalue weighted by atomic mass is 10.2. The molecule has 178 valence electrons. The van der Waals surface area contributed by atoms with Crippen LogP contribution in [-0.2, 0) is 20.2 Å². The van der Waals surface area contributed by atoms with Gasteiger partial charge in [-0.3, -0.25) is 9.36 Å². The number of nitrogens with zero attached hydrogens (tertiary/aromatic N) is 7. The summed E-state index contributed by atoms with van der Waals surface area (Å²) in [6.45, 7) is 3.72. The molecular weight excluding hydrogens is 463 g/mol. The van der Waals surface area contributed by atoms with Gasteiger partial charge >= 0.3 is 7.60 Å². The zero-order chi connectivity index (χ0) is 24.0. The van der Waals surface area contributed by atoms with E-state index in [1.165, 1.54) is 21.8 Å². The van der Waals surface area contributed by atoms with Gasteiger partial charge in [-0.25, -0.2) is 9.36 Å². The second-order valence-corrected chi connectivity index (χ2v) is 9.00. The number of benzene rings is 1. The molecule has 0 fully saturated rings. The summed E-state index contributed by atoms with van der Waals surface area (Å²) >= 11 is 0. The fourth-order valence-electron chi connectivity index (χ4n) is 3.17. The van der Waals surface area contributed by atoms with Crippen molar-refractivity contribution in [2.24, 2.45) is 0 Å². The van der Waals surface area contributed by atoms with Gasteiger partial charge in [0.1, 0.15) is 5.69 Å². The van der Waals surface area contributed by atoms with Gasteiger partial charge in [0.05, 0.1) is 32.2 Å². The van der Waals surface area contributed by atoms with Gasteiger partial charge in [0.2, 0.25) is 11.7 Å². The largest absolute Gasteiger partial charge is 0.461 e. The fourth-order valence-corrected chi connectivity index (χ4v) is 4.93. The summed E-state index contributed by atoms with van der Waals surface area (Å²) < 4.78 is 32.7. The molecule has 13 nitrogen and oxygen atoms in total. The Morgan fingerprint density at radius 3 is 2.53 bits per heavy atom. The third-order valence-corrected chi connectivity index (χ3v) is 6.81. The zero-order valence-corrected chi connectivity index (χ0v) is 19.4. The SMILES string of the molecule is CCOP(=O)(OCC)C(NC(=O)c1ccccc1)n1cc(Cn2nnnc2-c2ccco2)nn1. The van der Waals surface area contributed by atoms with Crippen molar-refractivity contribution in [3.8, 4) is 11.6 Å². The highest BCUT2D eigenvalue weighted by Gasteiger charge is 2.39. The number of amides is 1. The van der Waals surface area contributed by atoms with Gasteiger partial charge in [-0.05, 0) is 48.5 Å². The van der Waals surface area contributed by atoms with Gasteiger partial charge in [-0.15, -0.1) is 10.2 Å². The number of carbonyl (C=O) groups excluding carboxylic acids is 1. The molecule has 1 N–H and O–H groups in total. The van der Waals surface area contributed by atoms with Crippen molar-refractivity contribution in [2.75, 3.05) is 13.2 Å². The summed E-state index contributed by atoms with van der Waals surface area (Å²) in [6.07, 6.45) is 3.04. The molecule has 0 saturated heterocycles. The van der Waals surface area contributed by atoms with E-state index in [0.29, 0.717) is 22.8 Å². The summed E-state index contributed by atoms with van der Waals surface area (Å²) in [6, 6.07) is 12.0. The van der Waals surface area contributed by atoms with Crippen LogP contribution in [0.3, 0.4) is 0 Å². The first-order valence-corrected chi connectivity index (χ1v) is 12.1. The second-order valence-electron chi connectivity index (χ2n) is 6.92. The Hall–Kier alpha value is -3.67. The van der Waals surface area contributed by atoms with E-state index in [1.807, 2.05) is 0 Å².